The van der Waals surface area contributed by atoms with E-state index in [0.29, 0.717) is 29.1 Å². The Bertz CT molecular complexity index is 684. The lowest BCUT2D eigenvalue weighted by atomic mass is 9.44. The summed E-state index contributed by atoms with van der Waals surface area (Å²) in [6.07, 6.45) is 13.0. The molecule has 0 aromatic rings. The van der Waals surface area contributed by atoms with Crippen molar-refractivity contribution < 1.29 is 14.6 Å². The van der Waals surface area contributed by atoms with Gasteiger partial charge in [0, 0.05) is 23.7 Å². The maximum absolute atomic E-state index is 11.8. The van der Waals surface area contributed by atoms with E-state index in [1.165, 1.54) is 44.9 Å². The summed E-state index contributed by atoms with van der Waals surface area (Å²) in [5.74, 6) is 4.15. The molecule has 6 rings (SSSR count). The second kappa shape index (κ2) is 6.70. The van der Waals surface area contributed by atoms with E-state index in [2.05, 4.69) is 27.7 Å². The first-order chi connectivity index (χ1) is 14.3. The van der Waals surface area contributed by atoms with Crippen molar-refractivity contribution in [2.24, 2.45) is 52.3 Å². The SMILES string of the molecule is CC1CC[C@@]2(OC1)OC1CC3C4CC[C@H]5CCCCC5(C)C4C[C@H](O)C3(C)C1[C@@H]2C. The molecule has 6 aliphatic rings. The van der Waals surface area contributed by atoms with E-state index in [4.69, 9.17) is 9.47 Å². The molecule has 3 heteroatoms. The standard InChI is InChI=1S/C27H44O3/c1-16-10-12-27(29-15-16)17(2)24-22(30-27)13-21-19-9-8-18-7-5-6-11-25(18,3)20(19)14-23(28)26(21,24)4/h16-24,28H,5-15H2,1-4H3/t16?,17-,18+,19?,20?,21?,22?,23-,24?,25?,26?,27+/m0/s1. The number of ether oxygens (including phenoxy) is 2. The fourth-order valence-corrected chi connectivity index (χ4v) is 10.3. The van der Waals surface area contributed by atoms with Crippen molar-refractivity contribution in [3.8, 4) is 0 Å². The van der Waals surface area contributed by atoms with Crippen LogP contribution in [0.15, 0.2) is 0 Å². The molecule has 12 atom stereocenters. The van der Waals surface area contributed by atoms with Gasteiger partial charge in [-0.05, 0) is 80.0 Å². The Morgan fingerprint density at radius 3 is 2.50 bits per heavy atom. The summed E-state index contributed by atoms with van der Waals surface area (Å²) in [7, 11) is 0. The third-order valence-corrected chi connectivity index (χ3v) is 12.0. The third-order valence-electron chi connectivity index (χ3n) is 12.0. The van der Waals surface area contributed by atoms with Crippen molar-refractivity contribution in [1.82, 2.24) is 0 Å². The molecule has 3 nitrogen and oxygen atoms in total. The molecule has 30 heavy (non-hydrogen) atoms. The van der Waals surface area contributed by atoms with E-state index < -0.39 is 0 Å². The summed E-state index contributed by atoms with van der Waals surface area (Å²) in [6, 6.07) is 0. The molecular weight excluding hydrogens is 372 g/mol. The van der Waals surface area contributed by atoms with Gasteiger partial charge in [0.1, 0.15) is 0 Å². The highest BCUT2D eigenvalue weighted by atomic mass is 16.7. The van der Waals surface area contributed by atoms with Gasteiger partial charge in [-0.25, -0.2) is 0 Å². The lowest BCUT2D eigenvalue weighted by molar-refractivity contribution is -0.274. The number of hydrogen-bond donors (Lipinski definition) is 1. The molecule has 0 aromatic carbocycles. The molecular formula is C27H44O3. The Balaban J connectivity index is 1.31. The molecule has 4 aliphatic carbocycles. The van der Waals surface area contributed by atoms with Crippen molar-refractivity contribution in [3.63, 3.8) is 0 Å². The van der Waals surface area contributed by atoms with Crippen LogP contribution in [-0.4, -0.2) is 29.7 Å². The molecule has 0 bridgehead atoms. The Morgan fingerprint density at radius 1 is 0.900 bits per heavy atom. The van der Waals surface area contributed by atoms with Gasteiger partial charge in [-0.2, -0.15) is 0 Å². The van der Waals surface area contributed by atoms with Crippen LogP contribution in [0.3, 0.4) is 0 Å². The summed E-state index contributed by atoms with van der Waals surface area (Å²) < 4.78 is 13.3. The fourth-order valence-electron chi connectivity index (χ4n) is 10.3. The van der Waals surface area contributed by atoms with E-state index in [1.54, 1.807) is 0 Å². The van der Waals surface area contributed by atoms with Crippen LogP contribution in [0.5, 0.6) is 0 Å². The van der Waals surface area contributed by atoms with Crippen LogP contribution in [0.4, 0.5) is 0 Å². The molecule has 0 radical (unpaired) electrons. The monoisotopic (exact) mass is 416 g/mol. The largest absolute Gasteiger partial charge is 0.393 e. The van der Waals surface area contributed by atoms with Gasteiger partial charge < -0.3 is 14.6 Å². The summed E-state index contributed by atoms with van der Waals surface area (Å²) >= 11 is 0. The first-order valence-electron chi connectivity index (χ1n) is 13.3. The zero-order chi connectivity index (χ0) is 20.9. The summed E-state index contributed by atoms with van der Waals surface area (Å²) in [4.78, 5) is 0. The van der Waals surface area contributed by atoms with Crippen molar-refractivity contribution >= 4 is 0 Å². The lowest BCUT2D eigenvalue weighted by Gasteiger charge is -2.62. The predicted molar refractivity (Wildman–Crippen MR) is 118 cm³/mol. The third kappa shape index (κ3) is 2.49. The molecule has 2 saturated heterocycles. The summed E-state index contributed by atoms with van der Waals surface area (Å²) in [5, 5.41) is 11.8. The van der Waals surface area contributed by atoms with Crippen LogP contribution in [0.25, 0.3) is 0 Å². The highest BCUT2D eigenvalue weighted by Gasteiger charge is 2.71. The van der Waals surface area contributed by atoms with E-state index in [-0.39, 0.29) is 23.4 Å². The molecule has 6 fully saturated rings. The van der Waals surface area contributed by atoms with Crippen LogP contribution in [0.1, 0.15) is 91.9 Å². The second-order valence-electron chi connectivity index (χ2n) is 13.0. The topological polar surface area (TPSA) is 38.7 Å². The summed E-state index contributed by atoms with van der Waals surface area (Å²) in [5.41, 5.74) is 0.469. The zero-order valence-electron chi connectivity index (χ0n) is 19.7. The van der Waals surface area contributed by atoms with Crippen molar-refractivity contribution in [2.75, 3.05) is 6.61 Å². The number of aliphatic hydroxyl groups is 1. The van der Waals surface area contributed by atoms with Crippen molar-refractivity contribution in [1.29, 1.82) is 0 Å². The average Bonchev–Trinajstić information content (AvgIpc) is 3.17. The van der Waals surface area contributed by atoms with Gasteiger partial charge in [0.15, 0.2) is 5.79 Å². The van der Waals surface area contributed by atoms with Crippen molar-refractivity contribution in [3.05, 3.63) is 0 Å². The quantitative estimate of drug-likeness (QED) is 0.543. The minimum Gasteiger partial charge on any atom is -0.393 e. The van der Waals surface area contributed by atoms with E-state index in [9.17, 15) is 5.11 Å². The number of rotatable bonds is 0. The smallest absolute Gasteiger partial charge is 0.171 e. The van der Waals surface area contributed by atoms with Crippen LogP contribution in [-0.2, 0) is 9.47 Å². The predicted octanol–water partition coefficient (Wildman–Crippen LogP) is 5.79. The van der Waals surface area contributed by atoms with E-state index in [0.717, 1.165) is 43.6 Å². The Kier molecular flexibility index (Phi) is 4.58. The zero-order valence-corrected chi connectivity index (χ0v) is 19.7. The van der Waals surface area contributed by atoms with Crippen molar-refractivity contribution in [2.45, 2.75) is 110 Å². The molecule has 4 saturated carbocycles. The van der Waals surface area contributed by atoms with E-state index >= 15 is 0 Å². The first-order valence-corrected chi connectivity index (χ1v) is 13.3. The second-order valence-corrected chi connectivity index (χ2v) is 13.0. The average molecular weight is 417 g/mol. The Labute approximate surface area is 183 Å². The van der Waals surface area contributed by atoms with Crippen LogP contribution in [0, 0.1) is 52.3 Å². The molecule has 1 spiro atoms. The molecule has 2 heterocycles. The molecule has 1 N–H and O–H groups in total. The Hall–Kier alpha value is -0.120. The van der Waals surface area contributed by atoms with Gasteiger partial charge in [0.2, 0.25) is 0 Å². The van der Waals surface area contributed by atoms with E-state index in [1.807, 2.05) is 0 Å². The molecule has 170 valence electrons. The first kappa shape index (κ1) is 20.5. The van der Waals surface area contributed by atoms with Gasteiger partial charge in [-0.1, -0.05) is 40.5 Å². The maximum atomic E-state index is 11.8. The van der Waals surface area contributed by atoms with Gasteiger partial charge in [0.25, 0.3) is 0 Å². The Morgan fingerprint density at radius 2 is 1.73 bits per heavy atom. The van der Waals surface area contributed by atoms with Gasteiger partial charge in [-0.15, -0.1) is 0 Å². The highest BCUT2D eigenvalue weighted by molar-refractivity contribution is 5.17. The number of hydrogen-bond acceptors (Lipinski definition) is 3. The minimum atomic E-state index is -0.376. The molecule has 8 unspecified atom stereocenters. The van der Waals surface area contributed by atoms with Gasteiger partial charge in [0.05, 0.1) is 18.8 Å². The molecule has 2 aliphatic heterocycles. The highest BCUT2D eigenvalue weighted by Crippen LogP contribution is 2.71. The lowest BCUT2D eigenvalue weighted by Crippen LogP contribution is -2.59. The molecule has 0 amide bonds. The molecule has 0 aromatic heterocycles. The maximum Gasteiger partial charge on any atom is 0.171 e. The van der Waals surface area contributed by atoms with Crippen LogP contribution < -0.4 is 0 Å². The summed E-state index contributed by atoms with van der Waals surface area (Å²) in [6.45, 7) is 10.5. The minimum absolute atomic E-state index is 0.000956. The number of fused-ring (bicyclic) bond motifs is 7. The van der Waals surface area contributed by atoms with Crippen LogP contribution in [0.2, 0.25) is 0 Å². The van der Waals surface area contributed by atoms with Crippen LogP contribution >= 0.6 is 0 Å². The van der Waals surface area contributed by atoms with Gasteiger partial charge >= 0.3 is 0 Å². The normalized spacial score (nSPS) is 62.5. The number of aliphatic hydroxyl groups excluding tert-OH is 1. The fraction of sp³-hybridized carbons (Fsp3) is 1.00. The van der Waals surface area contributed by atoms with Gasteiger partial charge in [-0.3, -0.25) is 0 Å².